The molecule has 0 aromatic heterocycles. The van der Waals surface area contributed by atoms with Crippen LogP contribution >= 0.6 is 11.8 Å². The zero-order valence-corrected chi connectivity index (χ0v) is 16.3. The molecule has 1 saturated carbocycles. The van der Waals surface area contributed by atoms with E-state index in [-0.39, 0.29) is 5.41 Å². The Hall–Kier alpha value is -1.20. The molecule has 1 aromatic carbocycles. The molecule has 2 atom stereocenters. The molecular formula is C20H31N3OS. The van der Waals surface area contributed by atoms with Gasteiger partial charge < -0.3 is 15.4 Å². The van der Waals surface area contributed by atoms with E-state index in [0.29, 0.717) is 6.04 Å². The van der Waals surface area contributed by atoms with Crippen LogP contribution in [0.25, 0.3) is 0 Å². The Morgan fingerprint density at radius 1 is 1.24 bits per heavy atom. The minimum atomic E-state index is 0.134. The third-order valence-corrected chi connectivity index (χ3v) is 6.81. The largest absolute Gasteiger partial charge is 0.381 e. The number of benzene rings is 1. The normalized spacial score (nSPS) is 26.4. The van der Waals surface area contributed by atoms with Crippen molar-refractivity contribution in [3.05, 3.63) is 35.9 Å². The molecular weight excluding hydrogens is 330 g/mol. The van der Waals surface area contributed by atoms with E-state index in [4.69, 9.17) is 4.74 Å². The monoisotopic (exact) mass is 361 g/mol. The van der Waals surface area contributed by atoms with Crippen molar-refractivity contribution in [3.63, 3.8) is 0 Å². The molecule has 138 valence electrons. The lowest BCUT2D eigenvalue weighted by Gasteiger charge is -2.38. The number of aliphatic imine (C=N–C) groups is 1. The summed E-state index contributed by atoms with van der Waals surface area (Å²) in [6.07, 6.45) is 8.11. The van der Waals surface area contributed by atoms with Gasteiger partial charge in [-0.1, -0.05) is 30.3 Å². The fraction of sp³-hybridized carbons (Fsp3) is 0.650. The number of thioether (sulfide) groups is 1. The highest BCUT2D eigenvalue weighted by atomic mass is 32.2. The van der Waals surface area contributed by atoms with Crippen molar-refractivity contribution in [1.29, 1.82) is 0 Å². The summed E-state index contributed by atoms with van der Waals surface area (Å²) in [5.74, 6) is 0.938. The Bertz CT molecular complexity index is 557. The molecule has 2 aliphatic rings. The molecule has 3 rings (SSSR count). The van der Waals surface area contributed by atoms with Crippen molar-refractivity contribution in [2.45, 2.75) is 48.8 Å². The molecule has 1 aliphatic heterocycles. The van der Waals surface area contributed by atoms with Crippen molar-refractivity contribution in [2.75, 3.05) is 33.1 Å². The highest BCUT2D eigenvalue weighted by Gasteiger charge is 2.34. The highest BCUT2D eigenvalue weighted by Crippen LogP contribution is 2.34. The molecule has 0 spiro atoms. The molecule has 1 heterocycles. The first-order valence-electron chi connectivity index (χ1n) is 9.39. The maximum atomic E-state index is 5.64. The number of hydrogen-bond acceptors (Lipinski definition) is 3. The SMILES string of the molecule is CN=C(NCC1(c2ccccc2)CCOCC1)NC1CCC(SC)C1. The summed E-state index contributed by atoms with van der Waals surface area (Å²) < 4.78 is 5.64. The third-order valence-electron chi connectivity index (χ3n) is 5.71. The number of nitrogens with zero attached hydrogens (tertiary/aromatic N) is 1. The van der Waals surface area contributed by atoms with Crippen molar-refractivity contribution in [1.82, 2.24) is 10.6 Å². The first kappa shape index (κ1) is 18.6. The van der Waals surface area contributed by atoms with Crippen LogP contribution in [0.2, 0.25) is 0 Å². The number of guanidine groups is 1. The maximum Gasteiger partial charge on any atom is 0.191 e. The van der Waals surface area contributed by atoms with Crippen molar-refractivity contribution in [3.8, 4) is 0 Å². The Morgan fingerprint density at radius 3 is 2.64 bits per heavy atom. The first-order chi connectivity index (χ1) is 12.3. The summed E-state index contributed by atoms with van der Waals surface area (Å²) in [5.41, 5.74) is 1.54. The molecule has 0 radical (unpaired) electrons. The van der Waals surface area contributed by atoms with Gasteiger partial charge in [-0.2, -0.15) is 11.8 Å². The van der Waals surface area contributed by atoms with Gasteiger partial charge in [0.15, 0.2) is 5.96 Å². The summed E-state index contributed by atoms with van der Waals surface area (Å²) in [6.45, 7) is 2.57. The molecule has 5 heteroatoms. The molecule has 1 saturated heterocycles. The van der Waals surface area contributed by atoms with Gasteiger partial charge in [0.25, 0.3) is 0 Å². The van der Waals surface area contributed by atoms with E-state index in [2.05, 4.69) is 52.2 Å². The highest BCUT2D eigenvalue weighted by molar-refractivity contribution is 7.99. The molecule has 4 nitrogen and oxygen atoms in total. The van der Waals surface area contributed by atoms with Crippen molar-refractivity contribution < 1.29 is 4.74 Å². The molecule has 1 aliphatic carbocycles. The summed E-state index contributed by atoms with van der Waals surface area (Å²) in [6, 6.07) is 11.4. The van der Waals surface area contributed by atoms with Crippen LogP contribution in [0.3, 0.4) is 0 Å². The van der Waals surface area contributed by atoms with E-state index in [1.54, 1.807) is 0 Å². The quantitative estimate of drug-likeness (QED) is 0.625. The molecule has 25 heavy (non-hydrogen) atoms. The predicted octanol–water partition coefficient (Wildman–Crippen LogP) is 3.18. The predicted molar refractivity (Wildman–Crippen MR) is 108 cm³/mol. The van der Waals surface area contributed by atoms with Crippen LogP contribution in [0.15, 0.2) is 35.3 Å². The number of ether oxygens (including phenoxy) is 1. The van der Waals surface area contributed by atoms with E-state index in [9.17, 15) is 0 Å². The smallest absolute Gasteiger partial charge is 0.191 e. The van der Waals surface area contributed by atoms with Gasteiger partial charge in [-0.15, -0.1) is 0 Å². The zero-order chi connectivity index (χ0) is 17.5. The Labute approximate surface area is 156 Å². The van der Waals surface area contributed by atoms with Crippen LogP contribution in [-0.2, 0) is 10.2 Å². The molecule has 2 unspecified atom stereocenters. The lowest BCUT2D eigenvalue weighted by molar-refractivity contribution is 0.0513. The summed E-state index contributed by atoms with van der Waals surface area (Å²) >= 11 is 1.99. The second-order valence-electron chi connectivity index (χ2n) is 7.20. The summed E-state index contributed by atoms with van der Waals surface area (Å²) in [5, 5.41) is 8.04. The van der Waals surface area contributed by atoms with Gasteiger partial charge in [0, 0.05) is 43.5 Å². The topological polar surface area (TPSA) is 45.7 Å². The van der Waals surface area contributed by atoms with Crippen LogP contribution in [0, 0.1) is 0 Å². The van der Waals surface area contributed by atoms with Gasteiger partial charge in [-0.25, -0.2) is 0 Å². The second kappa shape index (κ2) is 8.95. The van der Waals surface area contributed by atoms with E-state index >= 15 is 0 Å². The third kappa shape index (κ3) is 4.70. The van der Waals surface area contributed by atoms with Gasteiger partial charge in [0.1, 0.15) is 0 Å². The van der Waals surface area contributed by atoms with Crippen molar-refractivity contribution in [2.24, 2.45) is 4.99 Å². The average Bonchev–Trinajstić information content (AvgIpc) is 3.14. The Morgan fingerprint density at radius 2 is 2.00 bits per heavy atom. The van der Waals surface area contributed by atoms with E-state index in [1.807, 2.05) is 18.8 Å². The van der Waals surface area contributed by atoms with Gasteiger partial charge in [-0.3, -0.25) is 4.99 Å². The lowest BCUT2D eigenvalue weighted by atomic mass is 9.74. The summed E-state index contributed by atoms with van der Waals surface area (Å²) in [7, 11) is 1.87. The zero-order valence-electron chi connectivity index (χ0n) is 15.5. The summed E-state index contributed by atoms with van der Waals surface area (Å²) in [4.78, 5) is 4.47. The molecule has 0 amide bonds. The fourth-order valence-electron chi connectivity index (χ4n) is 4.05. The first-order valence-corrected chi connectivity index (χ1v) is 10.7. The molecule has 0 bridgehead atoms. The number of rotatable bonds is 5. The van der Waals surface area contributed by atoms with E-state index < -0.39 is 0 Å². The van der Waals surface area contributed by atoms with Gasteiger partial charge >= 0.3 is 0 Å². The molecule has 2 N–H and O–H groups in total. The van der Waals surface area contributed by atoms with Crippen LogP contribution in [-0.4, -0.2) is 50.3 Å². The fourth-order valence-corrected chi connectivity index (χ4v) is 4.84. The number of nitrogens with one attached hydrogen (secondary N) is 2. The Kier molecular flexibility index (Phi) is 6.65. The van der Waals surface area contributed by atoms with Crippen molar-refractivity contribution >= 4 is 17.7 Å². The lowest BCUT2D eigenvalue weighted by Crippen LogP contribution is -2.49. The minimum Gasteiger partial charge on any atom is -0.381 e. The molecule has 1 aromatic rings. The van der Waals surface area contributed by atoms with Crippen LogP contribution < -0.4 is 10.6 Å². The average molecular weight is 362 g/mol. The van der Waals surface area contributed by atoms with Gasteiger partial charge in [-0.05, 0) is 43.9 Å². The standard InChI is InChI=1S/C20H31N3OS/c1-21-19(23-17-8-9-18(14-17)25-2)22-15-20(10-12-24-13-11-20)16-6-4-3-5-7-16/h3-7,17-18H,8-15H2,1-2H3,(H2,21,22,23). The molecule has 2 fully saturated rings. The number of hydrogen-bond donors (Lipinski definition) is 2. The maximum absolute atomic E-state index is 5.64. The van der Waals surface area contributed by atoms with Gasteiger partial charge in [0.2, 0.25) is 0 Å². The second-order valence-corrected chi connectivity index (χ2v) is 8.33. The van der Waals surface area contributed by atoms with Crippen LogP contribution in [0.5, 0.6) is 0 Å². The van der Waals surface area contributed by atoms with Crippen LogP contribution in [0.4, 0.5) is 0 Å². The van der Waals surface area contributed by atoms with Crippen LogP contribution in [0.1, 0.15) is 37.7 Å². The van der Waals surface area contributed by atoms with E-state index in [0.717, 1.165) is 43.8 Å². The minimum absolute atomic E-state index is 0.134. The van der Waals surface area contributed by atoms with E-state index in [1.165, 1.54) is 24.8 Å². The van der Waals surface area contributed by atoms with Gasteiger partial charge in [0.05, 0.1) is 0 Å². The Balaban J connectivity index is 1.62.